The standard InChI is InChI=1S/C10H20O3/c1-3-5-6-7-9(11)8-10(12)13-4-2/h9,11H,3-8H2,1-2H3. The van der Waals surface area contributed by atoms with Crippen LogP contribution in [-0.4, -0.2) is 23.8 Å². The molecule has 0 radical (unpaired) electrons. The van der Waals surface area contributed by atoms with Crippen molar-refractivity contribution in [2.45, 2.75) is 52.1 Å². The highest BCUT2D eigenvalue weighted by Crippen LogP contribution is 2.06. The molecule has 0 aromatic carbocycles. The molecule has 0 heterocycles. The minimum absolute atomic E-state index is 0.136. The fraction of sp³-hybridized carbons (Fsp3) is 0.900. The molecule has 1 N–H and O–H groups in total. The molecular formula is C10H20O3. The van der Waals surface area contributed by atoms with E-state index in [0.717, 1.165) is 19.3 Å². The first kappa shape index (κ1) is 12.4. The van der Waals surface area contributed by atoms with Gasteiger partial charge in [-0.05, 0) is 13.3 Å². The summed E-state index contributed by atoms with van der Waals surface area (Å²) in [5, 5.41) is 9.37. The van der Waals surface area contributed by atoms with Crippen LogP contribution in [0.2, 0.25) is 0 Å². The first-order chi connectivity index (χ1) is 6.20. The molecule has 0 fully saturated rings. The van der Waals surface area contributed by atoms with Gasteiger partial charge < -0.3 is 9.84 Å². The summed E-state index contributed by atoms with van der Waals surface area (Å²) in [5.41, 5.74) is 0. The van der Waals surface area contributed by atoms with Crippen molar-refractivity contribution in [2.24, 2.45) is 0 Å². The molecule has 0 aliphatic carbocycles. The van der Waals surface area contributed by atoms with E-state index < -0.39 is 6.10 Å². The third-order valence-corrected chi connectivity index (χ3v) is 1.85. The monoisotopic (exact) mass is 188 g/mol. The number of esters is 1. The lowest BCUT2D eigenvalue weighted by Gasteiger charge is -2.08. The lowest BCUT2D eigenvalue weighted by atomic mass is 10.1. The Labute approximate surface area is 80.1 Å². The molecule has 0 spiro atoms. The maximum Gasteiger partial charge on any atom is 0.308 e. The lowest BCUT2D eigenvalue weighted by molar-refractivity contribution is -0.145. The fourth-order valence-electron chi connectivity index (χ4n) is 1.14. The van der Waals surface area contributed by atoms with Crippen LogP contribution in [0.15, 0.2) is 0 Å². The Kier molecular flexibility index (Phi) is 7.69. The Bertz CT molecular complexity index is 134. The summed E-state index contributed by atoms with van der Waals surface area (Å²) in [7, 11) is 0. The van der Waals surface area contributed by atoms with E-state index >= 15 is 0 Å². The number of carbonyl (C=O) groups is 1. The van der Waals surface area contributed by atoms with Crippen molar-refractivity contribution in [1.82, 2.24) is 0 Å². The molecular weight excluding hydrogens is 168 g/mol. The number of hydrogen-bond donors (Lipinski definition) is 1. The highest BCUT2D eigenvalue weighted by Gasteiger charge is 2.10. The van der Waals surface area contributed by atoms with Gasteiger partial charge in [-0.3, -0.25) is 4.79 Å². The second kappa shape index (κ2) is 8.05. The summed E-state index contributed by atoms with van der Waals surface area (Å²) < 4.78 is 4.72. The molecule has 1 unspecified atom stereocenters. The molecule has 78 valence electrons. The predicted octanol–water partition coefficient (Wildman–Crippen LogP) is 1.88. The third-order valence-electron chi connectivity index (χ3n) is 1.85. The second-order valence-electron chi connectivity index (χ2n) is 3.16. The molecule has 0 aromatic rings. The zero-order valence-corrected chi connectivity index (χ0v) is 8.58. The molecule has 3 heteroatoms. The molecule has 0 rings (SSSR count). The number of carbonyl (C=O) groups excluding carboxylic acids is 1. The van der Waals surface area contributed by atoms with Crippen LogP contribution in [0.4, 0.5) is 0 Å². The van der Waals surface area contributed by atoms with Crippen LogP contribution >= 0.6 is 0 Å². The summed E-state index contributed by atoms with van der Waals surface area (Å²) >= 11 is 0. The van der Waals surface area contributed by atoms with Crippen molar-refractivity contribution in [3.8, 4) is 0 Å². The van der Waals surface area contributed by atoms with Crippen molar-refractivity contribution in [2.75, 3.05) is 6.61 Å². The number of aliphatic hydroxyl groups is 1. The average Bonchev–Trinajstić information content (AvgIpc) is 2.05. The normalized spacial score (nSPS) is 12.5. The van der Waals surface area contributed by atoms with Crippen LogP contribution in [0.5, 0.6) is 0 Å². The first-order valence-corrected chi connectivity index (χ1v) is 5.04. The van der Waals surface area contributed by atoms with Crippen LogP contribution in [0.3, 0.4) is 0 Å². The minimum Gasteiger partial charge on any atom is -0.466 e. The van der Waals surface area contributed by atoms with E-state index in [2.05, 4.69) is 6.92 Å². The number of rotatable bonds is 7. The molecule has 0 aromatic heterocycles. The van der Waals surface area contributed by atoms with Gasteiger partial charge in [0.25, 0.3) is 0 Å². The summed E-state index contributed by atoms with van der Waals surface area (Å²) in [6, 6.07) is 0. The number of unbranched alkanes of at least 4 members (excludes halogenated alkanes) is 2. The van der Waals surface area contributed by atoms with Crippen LogP contribution in [0.1, 0.15) is 46.0 Å². The van der Waals surface area contributed by atoms with E-state index in [1.54, 1.807) is 6.92 Å². The fourth-order valence-corrected chi connectivity index (χ4v) is 1.14. The largest absolute Gasteiger partial charge is 0.466 e. The van der Waals surface area contributed by atoms with Gasteiger partial charge in [0.15, 0.2) is 0 Å². The zero-order chi connectivity index (χ0) is 10.1. The van der Waals surface area contributed by atoms with Crippen molar-refractivity contribution in [3.05, 3.63) is 0 Å². The Hall–Kier alpha value is -0.570. The number of ether oxygens (including phenoxy) is 1. The predicted molar refractivity (Wildman–Crippen MR) is 51.4 cm³/mol. The van der Waals surface area contributed by atoms with Crippen LogP contribution in [0, 0.1) is 0 Å². The van der Waals surface area contributed by atoms with Gasteiger partial charge in [0, 0.05) is 0 Å². The van der Waals surface area contributed by atoms with Gasteiger partial charge in [-0.1, -0.05) is 26.2 Å². The Balaban J connectivity index is 3.38. The smallest absolute Gasteiger partial charge is 0.308 e. The van der Waals surface area contributed by atoms with E-state index in [-0.39, 0.29) is 12.4 Å². The molecule has 3 nitrogen and oxygen atoms in total. The van der Waals surface area contributed by atoms with Gasteiger partial charge in [0.05, 0.1) is 19.1 Å². The Morgan fingerprint density at radius 3 is 2.62 bits per heavy atom. The van der Waals surface area contributed by atoms with Gasteiger partial charge in [0.1, 0.15) is 0 Å². The minimum atomic E-state index is -0.523. The summed E-state index contributed by atoms with van der Waals surface area (Å²) in [6.07, 6.45) is 3.54. The summed E-state index contributed by atoms with van der Waals surface area (Å²) in [5.74, 6) is -0.300. The van der Waals surface area contributed by atoms with Gasteiger partial charge in [-0.15, -0.1) is 0 Å². The Morgan fingerprint density at radius 1 is 1.38 bits per heavy atom. The Morgan fingerprint density at radius 2 is 2.08 bits per heavy atom. The first-order valence-electron chi connectivity index (χ1n) is 5.04. The SMILES string of the molecule is CCCCCC(O)CC(=O)OCC. The van der Waals surface area contributed by atoms with Crippen LogP contribution in [0.25, 0.3) is 0 Å². The van der Waals surface area contributed by atoms with E-state index in [9.17, 15) is 9.90 Å². The van der Waals surface area contributed by atoms with Crippen molar-refractivity contribution in [1.29, 1.82) is 0 Å². The van der Waals surface area contributed by atoms with Crippen LogP contribution in [-0.2, 0) is 9.53 Å². The third kappa shape index (κ3) is 7.78. The molecule has 0 amide bonds. The molecule has 0 bridgehead atoms. The highest BCUT2D eigenvalue weighted by atomic mass is 16.5. The molecule has 1 atom stereocenters. The number of hydrogen-bond acceptors (Lipinski definition) is 3. The topological polar surface area (TPSA) is 46.5 Å². The maximum absolute atomic E-state index is 10.9. The highest BCUT2D eigenvalue weighted by molar-refractivity contribution is 5.69. The quantitative estimate of drug-likeness (QED) is 0.490. The lowest BCUT2D eigenvalue weighted by Crippen LogP contribution is -2.15. The van der Waals surface area contributed by atoms with E-state index in [1.165, 1.54) is 0 Å². The van der Waals surface area contributed by atoms with E-state index in [4.69, 9.17) is 4.74 Å². The van der Waals surface area contributed by atoms with Crippen molar-refractivity contribution < 1.29 is 14.6 Å². The summed E-state index contributed by atoms with van der Waals surface area (Å²) in [4.78, 5) is 10.9. The maximum atomic E-state index is 10.9. The van der Waals surface area contributed by atoms with Crippen molar-refractivity contribution >= 4 is 5.97 Å². The average molecular weight is 188 g/mol. The van der Waals surface area contributed by atoms with Crippen molar-refractivity contribution in [3.63, 3.8) is 0 Å². The van der Waals surface area contributed by atoms with E-state index in [1.807, 2.05) is 0 Å². The van der Waals surface area contributed by atoms with Crippen LogP contribution < -0.4 is 0 Å². The van der Waals surface area contributed by atoms with Gasteiger partial charge in [-0.2, -0.15) is 0 Å². The van der Waals surface area contributed by atoms with Gasteiger partial charge >= 0.3 is 5.97 Å². The molecule has 0 aliphatic heterocycles. The zero-order valence-electron chi connectivity index (χ0n) is 8.58. The molecule has 0 saturated carbocycles. The second-order valence-corrected chi connectivity index (χ2v) is 3.16. The van der Waals surface area contributed by atoms with Gasteiger partial charge in [-0.25, -0.2) is 0 Å². The van der Waals surface area contributed by atoms with Gasteiger partial charge in [0.2, 0.25) is 0 Å². The summed E-state index contributed by atoms with van der Waals surface area (Å²) in [6.45, 7) is 4.26. The van der Waals surface area contributed by atoms with E-state index in [0.29, 0.717) is 13.0 Å². The molecule has 0 saturated heterocycles. The number of aliphatic hydroxyl groups excluding tert-OH is 1. The molecule has 13 heavy (non-hydrogen) atoms. The molecule has 0 aliphatic rings.